The number of hydrogen-bond acceptors (Lipinski definition) is 8. The summed E-state index contributed by atoms with van der Waals surface area (Å²) in [7, 11) is 2.14. The molecule has 0 radical (unpaired) electrons. The molecule has 11 nitrogen and oxygen atoms in total. The summed E-state index contributed by atoms with van der Waals surface area (Å²) in [5.41, 5.74) is 2.45. The number of H-pyrrole nitrogens is 2. The zero-order valence-electron chi connectivity index (χ0n) is 20.4. The second kappa shape index (κ2) is 9.60. The van der Waals surface area contributed by atoms with E-state index in [4.69, 9.17) is 9.98 Å². The van der Waals surface area contributed by atoms with E-state index < -0.39 is 5.69 Å². The van der Waals surface area contributed by atoms with E-state index in [9.17, 15) is 14.7 Å². The van der Waals surface area contributed by atoms with E-state index in [1.54, 1.807) is 16.8 Å². The van der Waals surface area contributed by atoms with Crippen LogP contribution in [0.5, 0.6) is 5.88 Å². The first-order valence-electron chi connectivity index (χ1n) is 12.5. The highest BCUT2D eigenvalue weighted by atomic mass is 32.1. The number of aromatic hydroxyl groups is 1. The fourth-order valence-corrected chi connectivity index (χ4v) is 5.53. The molecule has 1 amide bonds. The predicted molar refractivity (Wildman–Crippen MR) is 139 cm³/mol. The summed E-state index contributed by atoms with van der Waals surface area (Å²) in [6.45, 7) is 1.78. The Labute approximate surface area is 215 Å². The number of fused-ring (bicyclic) bond motifs is 1. The van der Waals surface area contributed by atoms with Crippen LogP contribution in [-0.2, 0) is 0 Å². The van der Waals surface area contributed by atoms with Gasteiger partial charge in [0.1, 0.15) is 5.69 Å². The molecule has 1 unspecified atom stereocenters. The Bertz CT molecular complexity index is 1640. The van der Waals surface area contributed by atoms with Gasteiger partial charge in [-0.1, -0.05) is 0 Å². The summed E-state index contributed by atoms with van der Waals surface area (Å²) in [6.07, 6.45) is 8.67. The SMILES string of the molecule is CN1CCCC1CCNC(=O)c1cc(-c2cc(=NC3CC3)n3nc/c(=C/c4[nH]c(=O)[nH]c4O)c3n2)cs1. The van der Waals surface area contributed by atoms with Crippen molar-refractivity contribution in [1.82, 2.24) is 34.8 Å². The summed E-state index contributed by atoms with van der Waals surface area (Å²) >= 11 is 1.39. The molecule has 4 N–H and O–H groups in total. The predicted octanol–water partition coefficient (Wildman–Crippen LogP) is 1.00. The molecule has 1 atom stereocenters. The van der Waals surface area contributed by atoms with Gasteiger partial charge in [-0.25, -0.2) is 9.78 Å². The van der Waals surface area contributed by atoms with Crippen LogP contribution in [0.4, 0.5) is 0 Å². The third-order valence-electron chi connectivity index (χ3n) is 6.93. The average Bonchev–Trinajstić information content (AvgIpc) is 3.22. The smallest absolute Gasteiger partial charge is 0.326 e. The molecule has 1 saturated carbocycles. The lowest BCUT2D eigenvalue weighted by Gasteiger charge is -2.19. The maximum absolute atomic E-state index is 12.8. The molecule has 4 aromatic rings. The van der Waals surface area contributed by atoms with Gasteiger partial charge in [0.15, 0.2) is 11.1 Å². The summed E-state index contributed by atoms with van der Waals surface area (Å²) in [5.74, 6) is -0.331. The van der Waals surface area contributed by atoms with E-state index in [2.05, 4.69) is 32.3 Å². The number of imidazole rings is 1. The summed E-state index contributed by atoms with van der Waals surface area (Å²) in [5, 5.41) is 20.0. The van der Waals surface area contributed by atoms with Gasteiger partial charge in [0.25, 0.3) is 5.91 Å². The quantitative estimate of drug-likeness (QED) is 0.286. The number of nitrogens with one attached hydrogen (secondary N) is 3. The van der Waals surface area contributed by atoms with E-state index in [0.717, 1.165) is 31.4 Å². The van der Waals surface area contributed by atoms with Gasteiger partial charge in [0.05, 0.1) is 22.8 Å². The molecule has 37 heavy (non-hydrogen) atoms. The van der Waals surface area contributed by atoms with Crippen molar-refractivity contribution in [2.75, 3.05) is 20.1 Å². The molecule has 1 aliphatic carbocycles. The van der Waals surface area contributed by atoms with Crippen molar-refractivity contribution >= 4 is 29.0 Å². The zero-order chi connectivity index (χ0) is 25.5. The minimum Gasteiger partial charge on any atom is -0.493 e. The first-order valence-corrected chi connectivity index (χ1v) is 13.4. The number of carbonyl (C=O) groups is 1. The maximum atomic E-state index is 12.8. The first kappa shape index (κ1) is 23.6. The van der Waals surface area contributed by atoms with Crippen LogP contribution in [0.3, 0.4) is 0 Å². The number of aromatic amines is 2. The molecule has 0 spiro atoms. The number of aromatic nitrogens is 5. The molecule has 12 heteroatoms. The number of hydrogen-bond donors (Lipinski definition) is 4. The summed E-state index contributed by atoms with van der Waals surface area (Å²) < 4.78 is 1.66. The van der Waals surface area contributed by atoms with Crippen LogP contribution in [-0.4, -0.2) is 72.7 Å². The highest BCUT2D eigenvalue weighted by Crippen LogP contribution is 2.25. The lowest BCUT2D eigenvalue weighted by atomic mass is 10.1. The van der Waals surface area contributed by atoms with Crippen molar-refractivity contribution in [2.45, 2.75) is 44.2 Å². The molecule has 2 fully saturated rings. The molecule has 0 aromatic carbocycles. The molecule has 1 saturated heterocycles. The van der Waals surface area contributed by atoms with Crippen LogP contribution in [0, 0.1) is 0 Å². The fourth-order valence-electron chi connectivity index (χ4n) is 4.72. The Balaban J connectivity index is 1.31. The number of carbonyl (C=O) groups excluding carboxylic acids is 1. The number of nitrogens with zero attached hydrogens (tertiary/aromatic N) is 5. The standard InChI is InChI=1S/C25H28N8O3S/c1-32-8-2-3-17(32)6-7-26-24(35)20-10-15(13-37-20)18-11-21(28-16-4-5-16)33-22(29-18)14(12-27-33)9-19-23(34)31-25(36)30-19/h9-13,16-17,34H,2-8H2,1H3,(H,26,35)(H2,30,31,36)/b14-9-,28-21?. The third kappa shape index (κ3) is 4.94. The zero-order valence-corrected chi connectivity index (χ0v) is 21.2. The first-order chi connectivity index (χ1) is 17.9. The fraction of sp³-hybridized carbons (Fsp3) is 0.400. The van der Waals surface area contributed by atoms with E-state index in [0.29, 0.717) is 39.5 Å². The van der Waals surface area contributed by atoms with Crippen molar-refractivity contribution < 1.29 is 9.90 Å². The van der Waals surface area contributed by atoms with E-state index in [1.165, 1.54) is 24.2 Å². The van der Waals surface area contributed by atoms with Gasteiger partial charge < -0.3 is 20.3 Å². The molecule has 6 rings (SSSR count). The van der Waals surface area contributed by atoms with Gasteiger partial charge in [-0.3, -0.25) is 14.8 Å². The average molecular weight is 521 g/mol. The van der Waals surface area contributed by atoms with Gasteiger partial charge in [-0.05, 0) is 57.8 Å². The molecule has 0 bridgehead atoms. The second-order valence-corrected chi connectivity index (χ2v) is 10.6. The van der Waals surface area contributed by atoms with Gasteiger partial charge in [-0.2, -0.15) is 9.61 Å². The topological polar surface area (TPSA) is 144 Å². The Morgan fingerprint density at radius 2 is 2.19 bits per heavy atom. The van der Waals surface area contributed by atoms with E-state index >= 15 is 0 Å². The van der Waals surface area contributed by atoms with Crippen LogP contribution < -0.4 is 21.7 Å². The van der Waals surface area contributed by atoms with E-state index in [1.807, 2.05) is 17.5 Å². The Hall–Kier alpha value is -3.77. The van der Waals surface area contributed by atoms with Gasteiger partial charge in [0.2, 0.25) is 5.88 Å². The molecule has 192 valence electrons. The number of thiophene rings is 1. The van der Waals surface area contributed by atoms with Crippen LogP contribution in [0.15, 0.2) is 33.5 Å². The molecule has 4 aromatic heterocycles. The normalized spacial score (nSPS) is 19.3. The largest absolute Gasteiger partial charge is 0.493 e. The maximum Gasteiger partial charge on any atom is 0.326 e. The summed E-state index contributed by atoms with van der Waals surface area (Å²) in [6, 6.07) is 4.55. The monoisotopic (exact) mass is 520 g/mol. The Morgan fingerprint density at radius 3 is 2.92 bits per heavy atom. The van der Waals surface area contributed by atoms with Crippen molar-refractivity contribution in [3.8, 4) is 17.1 Å². The van der Waals surface area contributed by atoms with Crippen LogP contribution in [0.1, 0.15) is 47.5 Å². The highest BCUT2D eigenvalue weighted by Gasteiger charge is 2.22. The van der Waals surface area contributed by atoms with E-state index in [-0.39, 0.29) is 23.5 Å². The van der Waals surface area contributed by atoms with Crippen molar-refractivity contribution in [3.63, 3.8) is 0 Å². The molecule has 5 heterocycles. The molecule has 2 aliphatic rings. The number of rotatable bonds is 7. The van der Waals surface area contributed by atoms with Crippen LogP contribution >= 0.6 is 11.3 Å². The summed E-state index contributed by atoms with van der Waals surface area (Å²) in [4.78, 5) is 41.8. The minimum atomic E-state index is -0.502. The number of likely N-dealkylation sites (tertiary alicyclic amines) is 1. The third-order valence-corrected chi connectivity index (χ3v) is 7.86. The Morgan fingerprint density at radius 1 is 1.32 bits per heavy atom. The van der Waals surface area contributed by atoms with Gasteiger partial charge in [-0.15, -0.1) is 11.3 Å². The van der Waals surface area contributed by atoms with Crippen molar-refractivity contribution in [2.24, 2.45) is 4.99 Å². The van der Waals surface area contributed by atoms with Gasteiger partial charge >= 0.3 is 5.69 Å². The molecular weight excluding hydrogens is 492 g/mol. The Kier molecular flexibility index (Phi) is 6.13. The van der Waals surface area contributed by atoms with Crippen molar-refractivity contribution in [1.29, 1.82) is 0 Å². The van der Waals surface area contributed by atoms with Crippen molar-refractivity contribution in [3.05, 3.63) is 55.5 Å². The molecule has 1 aliphatic heterocycles. The lowest BCUT2D eigenvalue weighted by molar-refractivity contribution is 0.0954. The lowest BCUT2D eigenvalue weighted by Crippen LogP contribution is -2.31. The molecular formula is C25H28N8O3S. The highest BCUT2D eigenvalue weighted by molar-refractivity contribution is 7.12. The number of amides is 1. The second-order valence-electron chi connectivity index (χ2n) is 9.70. The minimum absolute atomic E-state index is 0.0777. The van der Waals surface area contributed by atoms with Crippen LogP contribution in [0.25, 0.3) is 23.0 Å². The van der Waals surface area contributed by atoms with Crippen LogP contribution in [0.2, 0.25) is 0 Å². The van der Waals surface area contributed by atoms with Gasteiger partial charge in [0, 0.05) is 34.8 Å².